The monoisotopic (exact) mass is 404 g/mol. The Labute approximate surface area is 172 Å². The summed E-state index contributed by atoms with van der Waals surface area (Å²) in [5.41, 5.74) is 3.70. The number of methoxy groups -OCH3 is 2. The number of esters is 2. The third-order valence-corrected chi connectivity index (χ3v) is 6.35. The third kappa shape index (κ3) is 4.41. The Kier molecular flexibility index (Phi) is 6.80. The van der Waals surface area contributed by atoms with Gasteiger partial charge in [-0.2, -0.15) is 0 Å². The van der Waals surface area contributed by atoms with Crippen molar-refractivity contribution in [2.45, 2.75) is 64.7 Å². The highest BCUT2D eigenvalue weighted by Gasteiger charge is 2.34. The zero-order valence-corrected chi connectivity index (χ0v) is 17.9. The van der Waals surface area contributed by atoms with Gasteiger partial charge >= 0.3 is 11.9 Å². The van der Waals surface area contributed by atoms with Crippen LogP contribution in [0.1, 0.15) is 47.9 Å². The van der Waals surface area contributed by atoms with Crippen LogP contribution in [-0.2, 0) is 32.2 Å². The lowest BCUT2D eigenvalue weighted by atomic mass is 9.97. The number of phenolic OH excluding ortho intramolecular Hbond substituents is 1. The van der Waals surface area contributed by atoms with Gasteiger partial charge in [0.15, 0.2) is 0 Å². The van der Waals surface area contributed by atoms with Gasteiger partial charge in [-0.1, -0.05) is 6.07 Å². The number of likely N-dealkylation sites (tertiary alicyclic amines) is 2. The van der Waals surface area contributed by atoms with E-state index in [0.29, 0.717) is 13.1 Å². The summed E-state index contributed by atoms with van der Waals surface area (Å²) in [7, 11) is 2.83. The van der Waals surface area contributed by atoms with Crippen LogP contribution in [0, 0.1) is 13.8 Å². The number of phenols is 1. The van der Waals surface area contributed by atoms with E-state index >= 15 is 0 Å². The summed E-state index contributed by atoms with van der Waals surface area (Å²) in [5, 5.41) is 11.1. The van der Waals surface area contributed by atoms with Crippen molar-refractivity contribution in [3.8, 4) is 5.75 Å². The minimum absolute atomic E-state index is 0.218. The zero-order chi connectivity index (χ0) is 21.1. The van der Waals surface area contributed by atoms with Gasteiger partial charge in [0.25, 0.3) is 0 Å². The highest BCUT2D eigenvalue weighted by Crippen LogP contribution is 2.34. The fraction of sp³-hybridized carbons (Fsp3) is 0.636. The SMILES string of the molecule is COC(=O)C1CCCN1Cc1c(C)cc(C)c(CN2CCCC2C(=O)OC)c1O. The largest absolute Gasteiger partial charge is 0.507 e. The fourth-order valence-corrected chi connectivity index (χ4v) is 4.70. The molecule has 0 bridgehead atoms. The number of nitrogens with zero attached hydrogens (tertiary/aromatic N) is 2. The molecule has 2 heterocycles. The molecule has 0 radical (unpaired) electrons. The summed E-state index contributed by atoms with van der Waals surface area (Å²) in [6, 6.07) is 1.56. The molecule has 1 N–H and O–H groups in total. The Balaban J connectivity index is 1.85. The molecular weight excluding hydrogens is 372 g/mol. The van der Waals surface area contributed by atoms with Gasteiger partial charge in [0.05, 0.1) is 14.2 Å². The molecule has 7 nitrogen and oxygen atoms in total. The van der Waals surface area contributed by atoms with Crippen LogP contribution in [0.2, 0.25) is 0 Å². The number of ether oxygens (including phenoxy) is 2. The Morgan fingerprint density at radius 1 is 0.931 bits per heavy atom. The average molecular weight is 405 g/mol. The lowest BCUT2D eigenvalue weighted by molar-refractivity contribution is -0.146. The summed E-state index contributed by atoms with van der Waals surface area (Å²) in [4.78, 5) is 28.3. The van der Waals surface area contributed by atoms with Crippen LogP contribution < -0.4 is 0 Å². The first-order valence-corrected chi connectivity index (χ1v) is 10.3. The molecular formula is C22H32N2O5. The van der Waals surface area contributed by atoms with E-state index in [1.54, 1.807) is 0 Å². The Hall–Kier alpha value is -2.12. The van der Waals surface area contributed by atoms with E-state index in [1.165, 1.54) is 14.2 Å². The van der Waals surface area contributed by atoms with Gasteiger partial charge in [0.2, 0.25) is 0 Å². The highest BCUT2D eigenvalue weighted by molar-refractivity contribution is 5.76. The van der Waals surface area contributed by atoms with Crippen molar-refractivity contribution in [3.63, 3.8) is 0 Å². The minimum Gasteiger partial charge on any atom is -0.507 e. The summed E-state index contributed by atoms with van der Waals surface area (Å²) < 4.78 is 9.89. The van der Waals surface area contributed by atoms with Gasteiger partial charge in [0, 0.05) is 24.2 Å². The smallest absolute Gasteiger partial charge is 0.323 e. The molecule has 160 valence electrons. The van der Waals surface area contributed by atoms with E-state index in [-0.39, 0.29) is 29.8 Å². The molecule has 1 aromatic carbocycles. The summed E-state index contributed by atoms with van der Waals surface area (Å²) in [5.74, 6) is -0.163. The van der Waals surface area contributed by atoms with E-state index in [1.807, 2.05) is 13.8 Å². The van der Waals surface area contributed by atoms with E-state index in [2.05, 4.69) is 15.9 Å². The van der Waals surface area contributed by atoms with Crippen molar-refractivity contribution < 1.29 is 24.2 Å². The molecule has 29 heavy (non-hydrogen) atoms. The van der Waals surface area contributed by atoms with Crippen LogP contribution >= 0.6 is 0 Å². The van der Waals surface area contributed by atoms with E-state index < -0.39 is 0 Å². The maximum absolute atomic E-state index is 12.1. The second-order valence-corrected chi connectivity index (χ2v) is 8.12. The van der Waals surface area contributed by atoms with Crippen molar-refractivity contribution in [1.82, 2.24) is 9.80 Å². The number of aryl methyl sites for hydroxylation is 2. The van der Waals surface area contributed by atoms with E-state index in [0.717, 1.165) is 61.0 Å². The maximum Gasteiger partial charge on any atom is 0.323 e. The Bertz CT molecular complexity index is 719. The fourth-order valence-electron chi connectivity index (χ4n) is 4.70. The first-order valence-electron chi connectivity index (χ1n) is 10.3. The van der Waals surface area contributed by atoms with Gasteiger partial charge in [0.1, 0.15) is 17.8 Å². The summed E-state index contributed by atoms with van der Waals surface area (Å²) >= 11 is 0. The normalized spacial score (nSPS) is 22.8. The number of aromatic hydroxyl groups is 1. The molecule has 0 aromatic heterocycles. The molecule has 0 spiro atoms. The number of carbonyl (C=O) groups excluding carboxylic acids is 2. The molecule has 1 aromatic rings. The van der Waals surface area contributed by atoms with Crippen molar-refractivity contribution >= 4 is 11.9 Å². The van der Waals surface area contributed by atoms with Crippen LogP contribution in [0.15, 0.2) is 6.07 Å². The molecule has 3 rings (SSSR count). The summed E-state index contributed by atoms with van der Waals surface area (Å²) in [6.45, 7) is 6.59. The van der Waals surface area contributed by atoms with Crippen LogP contribution in [0.4, 0.5) is 0 Å². The molecule has 0 saturated carbocycles. The summed E-state index contributed by atoms with van der Waals surface area (Å²) in [6.07, 6.45) is 3.43. The predicted octanol–water partition coefficient (Wildman–Crippen LogP) is 2.28. The van der Waals surface area contributed by atoms with Crippen LogP contribution in [0.3, 0.4) is 0 Å². The maximum atomic E-state index is 12.1. The molecule has 2 aliphatic rings. The quantitative estimate of drug-likeness (QED) is 0.729. The lowest BCUT2D eigenvalue weighted by Crippen LogP contribution is -2.37. The van der Waals surface area contributed by atoms with Gasteiger partial charge in [-0.25, -0.2) is 0 Å². The molecule has 2 aliphatic heterocycles. The number of hydrogen-bond donors (Lipinski definition) is 1. The number of rotatable bonds is 6. The van der Waals surface area contributed by atoms with Crippen molar-refractivity contribution in [2.75, 3.05) is 27.3 Å². The van der Waals surface area contributed by atoms with Crippen LogP contribution in [0.5, 0.6) is 5.75 Å². The standard InChI is InChI=1S/C22H32N2O5/c1-14-11-15(2)17(13-24-10-6-8-19(24)22(27)29-4)20(25)16(14)12-23-9-5-7-18(23)21(26)28-3/h11,18-19,25H,5-10,12-13H2,1-4H3. The molecule has 0 aliphatic carbocycles. The van der Waals surface area contributed by atoms with Crippen molar-refractivity contribution in [1.29, 1.82) is 0 Å². The molecule has 2 saturated heterocycles. The molecule has 0 amide bonds. The highest BCUT2D eigenvalue weighted by atomic mass is 16.5. The first kappa shape index (κ1) is 21.6. The van der Waals surface area contributed by atoms with Crippen molar-refractivity contribution in [3.05, 3.63) is 28.3 Å². The van der Waals surface area contributed by atoms with Gasteiger partial charge in [-0.15, -0.1) is 0 Å². The Morgan fingerprint density at radius 2 is 1.34 bits per heavy atom. The topological polar surface area (TPSA) is 79.3 Å². The minimum atomic E-state index is -0.258. The van der Waals surface area contributed by atoms with Crippen LogP contribution in [0.25, 0.3) is 0 Å². The second kappa shape index (κ2) is 9.13. The molecule has 7 heteroatoms. The third-order valence-electron chi connectivity index (χ3n) is 6.35. The zero-order valence-electron chi connectivity index (χ0n) is 17.9. The molecule has 2 unspecified atom stereocenters. The first-order chi connectivity index (χ1) is 13.9. The van der Waals surface area contributed by atoms with Crippen LogP contribution in [-0.4, -0.2) is 66.2 Å². The van der Waals surface area contributed by atoms with E-state index in [9.17, 15) is 14.7 Å². The number of benzene rings is 1. The number of hydrogen-bond acceptors (Lipinski definition) is 7. The Morgan fingerprint density at radius 3 is 1.72 bits per heavy atom. The predicted molar refractivity (Wildman–Crippen MR) is 108 cm³/mol. The van der Waals surface area contributed by atoms with Gasteiger partial charge in [-0.05, 0) is 63.7 Å². The van der Waals surface area contributed by atoms with E-state index in [4.69, 9.17) is 9.47 Å². The van der Waals surface area contributed by atoms with Gasteiger partial charge < -0.3 is 14.6 Å². The van der Waals surface area contributed by atoms with Gasteiger partial charge in [-0.3, -0.25) is 19.4 Å². The average Bonchev–Trinajstić information content (AvgIpc) is 3.36. The second-order valence-electron chi connectivity index (χ2n) is 8.12. The molecule has 2 atom stereocenters. The number of carbonyl (C=O) groups is 2. The molecule has 2 fully saturated rings. The van der Waals surface area contributed by atoms with Crippen molar-refractivity contribution in [2.24, 2.45) is 0 Å². The lowest BCUT2D eigenvalue weighted by Gasteiger charge is -2.27.